The summed E-state index contributed by atoms with van der Waals surface area (Å²) in [4.78, 5) is 0. The molecule has 0 amide bonds. The largest absolute Gasteiger partial charge is 0.483 e. The minimum atomic E-state index is -6.52. The second kappa shape index (κ2) is 4.68. The van der Waals surface area contributed by atoms with Crippen LogP contribution in [-0.2, 0) is 9.47 Å². The molecule has 0 unspecified atom stereocenters. The zero-order valence-corrected chi connectivity index (χ0v) is 7.55. The van der Waals surface area contributed by atoms with Crippen molar-refractivity contribution in [2.24, 2.45) is 0 Å². The molecule has 0 aromatic heterocycles. The zero-order valence-electron chi connectivity index (χ0n) is 7.55. The Labute approximate surface area is 90.2 Å². The van der Waals surface area contributed by atoms with Crippen molar-refractivity contribution in [3.05, 3.63) is 0 Å². The highest BCUT2D eigenvalue weighted by atomic mass is 19.4. The van der Waals surface area contributed by atoms with Crippen LogP contribution < -0.4 is 0 Å². The van der Waals surface area contributed by atoms with Gasteiger partial charge in [0.15, 0.2) is 0 Å². The molecule has 0 heterocycles. The van der Waals surface area contributed by atoms with Crippen LogP contribution in [0.25, 0.3) is 0 Å². The van der Waals surface area contributed by atoms with Gasteiger partial charge in [-0.2, -0.15) is 48.3 Å². The molecule has 18 heavy (non-hydrogen) atoms. The minimum Gasteiger partial charge on any atom is -0.254 e. The summed E-state index contributed by atoms with van der Waals surface area (Å²) in [5.41, 5.74) is 0. The van der Waals surface area contributed by atoms with Crippen LogP contribution in [-0.4, -0.2) is 31.1 Å². The maximum Gasteiger partial charge on any atom is 0.483 e. The molecule has 0 radical (unpaired) electrons. The predicted octanol–water partition coefficient (Wildman–Crippen LogP) is 3.58. The third kappa shape index (κ3) is 4.12. The summed E-state index contributed by atoms with van der Waals surface area (Å²) >= 11 is 0. The Morgan fingerprint density at radius 3 is 0.944 bits per heavy atom. The zero-order chi connectivity index (χ0) is 15.0. The summed E-state index contributed by atoms with van der Waals surface area (Å²) in [5.74, 6) is 0. The summed E-state index contributed by atoms with van der Waals surface area (Å²) < 4.78 is 132. The van der Waals surface area contributed by atoms with Gasteiger partial charge in [-0.15, -0.1) is 0 Å². The van der Waals surface area contributed by atoms with Crippen molar-refractivity contribution in [3.63, 3.8) is 0 Å². The van der Waals surface area contributed by atoms with Gasteiger partial charge in [0.05, 0.1) is 0 Å². The summed E-state index contributed by atoms with van der Waals surface area (Å²) in [6.45, 7) is -4.65. The van der Waals surface area contributed by atoms with E-state index in [4.69, 9.17) is 0 Å². The average molecular weight is 302 g/mol. The van der Waals surface area contributed by atoms with Gasteiger partial charge in [-0.3, -0.25) is 9.47 Å². The topological polar surface area (TPSA) is 18.5 Å². The Hall–Kier alpha value is -0.850. The van der Waals surface area contributed by atoms with Gasteiger partial charge in [-0.1, -0.05) is 0 Å². The van der Waals surface area contributed by atoms with E-state index in [-0.39, 0.29) is 0 Å². The van der Waals surface area contributed by atoms with E-state index in [9.17, 15) is 48.3 Å². The van der Waals surface area contributed by atoms with Gasteiger partial charge in [0.1, 0.15) is 0 Å². The number of alkyl halides is 11. The van der Waals surface area contributed by atoms with Crippen molar-refractivity contribution in [2.75, 3.05) is 0 Å². The highest BCUT2D eigenvalue weighted by Crippen LogP contribution is 2.41. The van der Waals surface area contributed by atoms with Crippen LogP contribution >= 0.6 is 0 Å². The Kier molecular flexibility index (Phi) is 4.46. The van der Waals surface area contributed by atoms with E-state index < -0.39 is 31.1 Å². The Bertz CT molecular complexity index is 250. The number of hydrogen-bond acceptors (Lipinski definition) is 2. The standard InChI is InChI=1S/C5HF11O2/c6-1(17-4(13,14)2(7,8)9)18-5(15,16)3(10,11)12/h1H. The van der Waals surface area contributed by atoms with E-state index in [0.29, 0.717) is 0 Å². The van der Waals surface area contributed by atoms with Crippen molar-refractivity contribution in [1.82, 2.24) is 0 Å². The van der Waals surface area contributed by atoms with Gasteiger partial charge in [-0.25, -0.2) is 0 Å². The lowest BCUT2D eigenvalue weighted by Gasteiger charge is -2.25. The third-order valence-corrected chi connectivity index (χ3v) is 1.14. The Morgan fingerprint density at radius 2 is 0.778 bits per heavy atom. The molecular weight excluding hydrogens is 301 g/mol. The van der Waals surface area contributed by atoms with Crippen molar-refractivity contribution in [3.8, 4) is 0 Å². The molecule has 2 nitrogen and oxygen atoms in total. The first kappa shape index (κ1) is 17.2. The molecule has 0 bridgehead atoms. The van der Waals surface area contributed by atoms with Crippen molar-refractivity contribution in [1.29, 1.82) is 0 Å². The van der Waals surface area contributed by atoms with Crippen LogP contribution in [0.5, 0.6) is 0 Å². The Morgan fingerprint density at radius 1 is 0.556 bits per heavy atom. The smallest absolute Gasteiger partial charge is 0.254 e. The van der Waals surface area contributed by atoms with Crippen LogP contribution in [0.1, 0.15) is 0 Å². The van der Waals surface area contributed by atoms with E-state index in [2.05, 4.69) is 0 Å². The molecule has 110 valence electrons. The van der Waals surface area contributed by atoms with Crippen LogP contribution in [0.2, 0.25) is 0 Å². The second-order valence-corrected chi connectivity index (χ2v) is 2.54. The molecule has 0 rings (SSSR count). The minimum absolute atomic E-state index is 2.01. The van der Waals surface area contributed by atoms with Gasteiger partial charge in [-0.05, 0) is 0 Å². The molecule has 0 aliphatic rings. The summed E-state index contributed by atoms with van der Waals surface area (Å²) in [7, 11) is 0. The predicted molar refractivity (Wildman–Crippen MR) is 29.1 cm³/mol. The van der Waals surface area contributed by atoms with E-state index in [0.717, 1.165) is 0 Å². The van der Waals surface area contributed by atoms with E-state index in [1.807, 2.05) is 9.47 Å². The molecule has 0 aliphatic heterocycles. The molecule has 0 saturated heterocycles. The van der Waals surface area contributed by atoms with Gasteiger partial charge in [0, 0.05) is 0 Å². The molecule has 0 saturated carbocycles. The lowest BCUT2D eigenvalue weighted by atomic mass is 10.6. The maximum absolute atomic E-state index is 12.1. The maximum atomic E-state index is 12.1. The summed E-state index contributed by atoms with van der Waals surface area (Å²) in [6.07, 6.45) is -25.6. The molecule has 0 N–H and O–H groups in total. The number of halogens is 11. The highest BCUT2D eigenvalue weighted by molar-refractivity contribution is 4.66. The molecule has 13 heteroatoms. The van der Waals surface area contributed by atoms with Crippen molar-refractivity contribution >= 4 is 0 Å². The molecule has 0 spiro atoms. The monoisotopic (exact) mass is 302 g/mol. The summed E-state index contributed by atoms with van der Waals surface area (Å²) in [6, 6.07) is 0. The normalized spacial score (nSPS) is 15.3. The lowest BCUT2D eigenvalue weighted by Crippen LogP contribution is -2.46. The van der Waals surface area contributed by atoms with Gasteiger partial charge in [0.2, 0.25) is 0 Å². The van der Waals surface area contributed by atoms with Gasteiger partial charge in [0.25, 0.3) is 0 Å². The van der Waals surface area contributed by atoms with E-state index in [1.165, 1.54) is 0 Å². The SMILES string of the molecule is FC(OC(F)(F)C(F)(F)F)OC(F)(F)C(F)(F)F. The molecule has 0 aromatic carbocycles. The fourth-order valence-electron chi connectivity index (χ4n) is 0.390. The molecule has 0 atom stereocenters. The first-order chi connectivity index (χ1) is 7.60. The van der Waals surface area contributed by atoms with Crippen LogP contribution in [0.3, 0.4) is 0 Å². The van der Waals surface area contributed by atoms with E-state index >= 15 is 0 Å². The molecular formula is C5HF11O2. The molecule has 0 fully saturated rings. The van der Waals surface area contributed by atoms with E-state index in [1.54, 1.807) is 0 Å². The molecule has 0 aromatic rings. The number of rotatable bonds is 4. The highest BCUT2D eigenvalue weighted by Gasteiger charge is 2.64. The molecule has 0 aliphatic carbocycles. The van der Waals surface area contributed by atoms with Crippen LogP contribution in [0.15, 0.2) is 0 Å². The van der Waals surface area contributed by atoms with Gasteiger partial charge >= 0.3 is 31.1 Å². The first-order valence-electron chi connectivity index (χ1n) is 3.49. The quantitative estimate of drug-likeness (QED) is 0.584. The van der Waals surface area contributed by atoms with Crippen LogP contribution in [0, 0.1) is 0 Å². The number of hydrogen-bond donors (Lipinski definition) is 0. The fraction of sp³-hybridized carbons (Fsp3) is 1.00. The van der Waals surface area contributed by atoms with Crippen LogP contribution in [0.4, 0.5) is 48.3 Å². The number of ether oxygens (including phenoxy) is 2. The first-order valence-corrected chi connectivity index (χ1v) is 3.49. The van der Waals surface area contributed by atoms with Crippen molar-refractivity contribution in [2.45, 2.75) is 31.1 Å². The lowest BCUT2D eigenvalue weighted by molar-refractivity contribution is -0.492. The van der Waals surface area contributed by atoms with Gasteiger partial charge < -0.3 is 0 Å². The fourth-order valence-corrected chi connectivity index (χ4v) is 0.390. The second-order valence-electron chi connectivity index (χ2n) is 2.54. The summed E-state index contributed by atoms with van der Waals surface area (Å²) in [5, 5.41) is 0. The average Bonchev–Trinajstić information content (AvgIpc) is 1.95. The Balaban J connectivity index is 4.69. The van der Waals surface area contributed by atoms with Crippen molar-refractivity contribution < 1.29 is 57.8 Å². The third-order valence-electron chi connectivity index (χ3n) is 1.14.